The van der Waals surface area contributed by atoms with E-state index >= 15 is 0 Å². The summed E-state index contributed by atoms with van der Waals surface area (Å²) < 4.78 is 0. The van der Waals surface area contributed by atoms with Crippen LogP contribution in [-0.4, -0.2) is 48.3 Å². The number of nitrogens with two attached hydrogens (primary N) is 1. The topological polar surface area (TPSA) is 87.5 Å². The lowest BCUT2D eigenvalue weighted by Crippen LogP contribution is -2.46. The van der Waals surface area contributed by atoms with Crippen molar-refractivity contribution in [3.05, 3.63) is 24.3 Å². The summed E-state index contributed by atoms with van der Waals surface area (Å²) in [5, 5.41) is 6.09. The standard InChI is InChI=1S/C21H32N4O2S/c22-20(26)11-14-28-19-8-4-3-7-18(19)24-21(27)23-17-9-12-25(13-10-17)15-16-5-1-2-6-16/h3-4,7-8,16-17H,1-2,5-6,9-15H2,(H2,22,26)(H2,23,24,27). The molecule has 7 heteroatoms. The Balaban J connectivity index is 1.41. The molecule has 28 heavy (non-hydrogen) atoms. The summed E-state index contributed by atoms with van der Waals surface area (Å²) in [5.74, 6) is 1.18. The number of piperidine rings is 1. The SMILES string of the molecule is NC(=O)CCSc1ccccc1NC(=O)NC1CCN(CC2CCCC2)CC1. The molecule has 0 bridgehead atoms. The zero-order chi connectivity index (χ0) is 19.8. The number of urea groups is 1. The third kappa shape index (κ3) is 6.71. The van der Waals surface area contributed by atoms with Gasteiger partial charge in [0.1, 0.15) is 0 Å². The fourth-order valence-corrected chi connectivity index (χ4v) is 5.09. The number of rotatable bonds is 8. The molecule has 0 spiro atoms. The van der Waals surface area contributed by atoms with Gasteiger partial charge < -0.3 is 21.3 Å². The van der Waals surface area contributed by atoms with Crippen LogP contribution in [0.15, 0.2) is 29.2 Å². The Hall–Kier alpha value is -1.73. The lowest BCUT2D eigenvalue weighted by Gasteiger charge is -2.33. The minimum absolute atomic E-state index is 0.155. The number of para-hydroxylation sites is 1. The van der Waals surface area contributed by atoms with E-state index in [2.05, 4.69) is 15.5 Å². The van der Waals surface area contributed by atoms with E-state index in [1.165, 1.54) is 44.0 Å². The second-order valence-corrected chi connectivity index (χ2v) is 9.02. The van der Waals surface area contributed by atoms with E-state index in [0.717, 1.165) is 42.4 Å². The highest BCUT2D eigenvalue weighted by molar-refractivity contribution is 7.99. The van der Waals surface area contributed by atoms with E-state index in [0.29, 0.717) is 12.2 Å². The Kier molecular flexibility index (Phi) is 8.03. The summed E-state index contributed by atoms with van der Waals surface area (Å²) in [6.45, 7) is 3.37. The molecule has 3 rings (SSSR count). The van der Waals surface area contributed by atoms with Crippen molar-refractivity contribution in [1.29, 1.82) is 0 Å². The first-order valence-electron chi connectivity index (χ1n) is 10.4. The molecule has 1 aliphatic heterocycles. The molecule has 0 atom stereocenters. The first-order chi connectivity index (χ1) is 13.6. The Morgan fingerprint density at radius 1 is 1.11 bits per heavy atom. The van der Waals surface area contributed by atoms with Gasteiger partial charge in [-0.1, -0.05) is 25.0 Å². The van der Waals surface area contributed by atoms with Crippen LogP contribution < -0.4 is 16.4 Å². The number of primary amides is 1. The van der Waals surface area contributed by atoms with Crippen molar-refractivity contribution in [2.45, 2.75) is 55.9 Å². The molecule has 0 aromatic heterocycles. The number of hydrogen-bond donors (Lipinski definition) is 3. The molecule has 4 N–H and O–H groups in total. The molecule has 6 nitrogen and oxygen atoms in total. The van der Waals surface area contributed by atoms with Crippen LogP contribution in [-0.2, 0) is 4.79 Å². The largest absolute Gasteiger partial charge is 0.370 e. The summed E-state index contributed by atoms with van der Waals surface area (Å²) in [4.78, 5) is 26.9. The van der Waals surface area contributed by atoms with Gasteiger partial charge >= 0.3 is 6.03 Å². The van der Waals surface area contributed by atoms with Gasteiger partial charge in [-0.25, -0.2) is 4.79 Å². The number of carbonyl (C=O) groups excluding carboxylic acids is 2. The molecule has 2 aliphatic rings. The molecule has 1 heterocycles. The smallest absolute Gasteiger partial charge is 0.319 e. The summed E-state index contributed by atoms with van der Waals surface area (Å²) >= 11 is 1.53. The molecular formula is C21H32N4O2S. The number of nitrogens with one attached hydrogen (secondary N) is 2. The molecule has 1 aromatic rings. The Bertz CT molecular complexity index is 656. The van der Waals surface area contributed by atoms with Crippen LogP contribution in [0.5, 0.6) is 0 Å². The number of thioether (sulfide) groups is 1. The quantitative estimate of drug-likeness (QED) is 0.579. The van der Waals surface area contributed by atoms with Crippen molar-refractivity contribution in [3.63, 3.8) is 0 Å². The van der Waals surface area contributed by atoms with E-state index in [1.807, 2.05) is 24.3 Å². The third-order valence-corrected chi connectivity index (χ3v) is 6.73. The maximum atomic E-state index is 12.5. The number of anilines is 1. The Morgan fingerprint density at radius 2 is 1.82 bits per heavy atom. The monoisotopic (exact) mass is 404 g/mol. The highest BCUT2D eigenvalue weighted by Crippen LogP contribution is 2.28. The van der Waals surface area contributed by atoms with E-state index in [-0.39, 0.29) is 18.0 Å². The highest BCUT2D eigenvalue weighted by atomic mass is 32.2. The van der Waals surface area contributed by atoms with Crippen molar-refractivity contribution < 1.29 is 9.59 Å². The van der Waals surface area contributed by atoms with Gasteiger partial charge in [0.15, 0.2) is 0 Å². The third-order valence-electron chi connectivity index (χ3n) is 5.66. The van der Waals surface area contributed by atoms with Crippen molar-refractivity contribution in [2.75, 3.05) is 30.7 Å². The molecule has 0 radical (unpaired) electrons. The zero-order valence-electron chi connectivity index (χ0n) is 16.5. The predicted octanol–water partition coefficient (Wildman–Crippen LogP) is 3.43. The molecule has 0 unspecified atom stereocenters. The second-order valence-electron chi connectivity index (χ2n) is 7.88. The first-order valence-corrected chi connectivity index (χ1v) is 11.4. The number of nitrogens with zero attached hydrogens (tertiary/aromatic N) is 1. The van der Waals surface area contributed by atoms with Crippen LogP contribution >= 0.6 is 11.8 Å². The summed E-state index contributed by atoms with van der Waals surface area (Å²) in [5.41, 5.74) is 5.97. The lowest BCUT2D eigenvalue weighted by molar-refractivity contribution is -0.117. The number of benzene rings is 1. The molecule has 1 aliphatic carbocycles. The molecular weight excluding hydrogens is 372 g/mol. The predicted molar refractivity (Wildman–Crippen MR) is 115 cm³/mol. The van der Waals surface area contributed by atoms with Crippen LogP contribution in [0.4, 0.5) is 10.5 Å². The van der Waals surface area contributed by atoms with Gasteiger partial charge in [-0.2, -0.15) is 0 Å². The number of likely N-dealkylation sites (tertiary alicyclic amines) is 1. The molecule has 1 aromatic carbocycles. The van der Waals surface area contributed by atoms with Crippen molar-refractivity contribution >= 4 is 29.4 Å². The Labute approximate surface area is 172 Å². The lowest BCUT2D eigenvalue weighted by atomic mass is 10.0. The maximum absolute atomic E-state index is 12.5. The minimum atomic E-state index is -0.310. The van der Waals surface area contributed by atoms with Gasteiger partial charge in [0.2, 0.25) is 5.91 Å². The van der Waals surface area contributed by atoms with Crippen LogP contribution in [0, 0.1) is 5.92 Å². The summed E-state index contributed by atoms with van der Waals surface area (Å²) in [6, 6.07) is 7.73. The van der Waals surface area contributed by atoms with Gasteiger partial charge in [0.05, 0.1) is 5.69 Å². The molecule has 3 amide bonds. The van der Waals surface area contributed by atoms with Gasteiger partial charge in [-0.05, 0) is 43.7 Å². The maximum Gasteiger partial charge on any atom is 0.319 e. The van der Waals surface area contributed by atoms with Crippen LogP contribution in [0.25, 0.3) is 0 Å². The van der Waals surface area contributed by atoms with Crippen molar-refractivity contribution in [3.8, 4) is 0 Å². The van der Waals surface area contributed by atoms with Gasteiger partial charge in [0, 0.05) is 42.7 Å². The average Bonchev–Trinajstić information content (AvgIpc) is 3.17. The second kappa shape index (κ2) is 10.7. The van der Waals surface area contributed by atoms with Crippen LogP contribution in [0.3, 0.4) is 0 Å². The van der Waals surface area contributed by atoms with Gasteiger partial charge in [0.25, 0.3) is 0 Å². The fraction of sp³-hybridized carbons (Fsp3) is 0.619. The minimum Gasteiger partial charge on any atom is -0.370 e. The Morgan fingerprint density at radius 3 is 2.54 bits per heavy atom. The molecule has 154 valence electrons. The van der Waals surface area contributed by atoms with E-state index in [9.17, 15) is 9.59 Å². The van der Waals surface area contributed by atoms with Crippen LogP contribution in [0.1, 0.15) is 44.9 Å². The highest BCUT2D eigenvalue weighted by Gasteiger charge is 2.24. The van der Waals surface area contributed by atoms with Crippen molar-refractivity contribution in [2.24, 2.45) is 11.7 Å². The van der Waals surface area contributed by atoms with E-state index < -0.39 is 0 Å². The fourth-order valence-electron chi connectivity index (χ4n) is 4.12. The van der Waals surface area contributed by atoms with Gasteiger partial charge in [-0.15, -0.1) is 11.8 Å². The van der Waals surface area contributed by atoms with Gasteiger partial charge in [-0.3, -0.25) is 4.79 Å². The summed E-state index contributed by atoms with van der Waals surface area (Å²) in [7, 11) is 0. The van der Waals surface area contributed by atoms with Crippen LogP contribution in [0.2, 0.25) is 0 Å². The number of hydrogen-bond acceptors (Lipinski definition) is 4. The number of amides is 3. The zero-order valence-corrected chi connectivity index (χ0v) is 17.3. The normalized spacial score (nSPS) is 18.9. The van der Waals surface area contributed by atoms with E-state index in [4.69, 9.17) is 5.73 Å². The number of carbonyl (C=O) groups is 2. The first kappa shape index (κ1) is 21.0. The molecule has 1 saturated carbocycles. The molecule has 1 saturated heterocycles. The van der Waals surface area contributed by atoms with E-state index in [1.54, 1.807) is 0 Å². The van der Waals surface area contributed by atoms with Crippen molar-refractivity contribution in [1.82, 2.24) is 10.2 Å². The summed E-state index contributed by atoms with van der Waals surface area (Å²) in [6.07, 6.45) is 7.90. The molecule has 2 fully saturated rings. The average molecular weight is 405 g/mol.